The van der Waals surface area contributed by atoms with Gasteiger partial charge in [0.1, 0.15) is 0 Å². The van der Waals surface area contributed by atoms with Gasteiger partial charge in [-0.3, -0.25) is 25.0 Å². The zero-order chi connectivity index (χ0) is 22.1. The lowest BCUT2D eigenvalue weighted by Gasteiger charge is -2.11. The molecule has 0 unspecified atom stereocenters. The molecule has 2 aromatic carbocycles. The highest BCUT2D eigenvalue weighted by atomic mass is 32.1. The Morgan fingerprint density at radius 1 is 0.967 bits per heavy atom. The number of amides is 2. The van der Waals surface area contributed by atoms with Crippen molar-refractivity contribution < 1.29 is 14.5 Å². The summed E-state index contributed by atoms with van der Waals surface area (Å²) in [4.78, 5) is 33.2. The molecule has 30 heavy (non-hydrogen) atoms. The van der Waals surface area contributed by atoms with Crippen LogP contribution in [0, 0.1) is 10.1 Å². The lowest BCUT2D eigenvalue weighted by Crippen LogP contribution is -2.33. The van der Waals surface area contributed by atoms with Crippen molar-refractivity contribution in [1.82, 2.24) is 10.6 Å². The van der Waals surface area contributed by atoms with E-state index in [4.69, 9.17) is 24.4 Å². The van der Waals surface area contributed by atoms with Crippen molar-refractivity contribution in [3.05, 3.63) is 70.3 Å². The fraction of sp³-hybridized carbons (Fsp3) is 0.0526. The molecule has 0 bridgehead atoms. The van der Waals surface area contributed by atoms with E-state index >= 15 is 0 Å². The quantitative estimate of drug-likeness (QED) is 0.241. The topological polar surface area (TPSA) is 125 Å². The fourth-order valence-electron chi connectivity index (χ4n) is 2.19. The van der Waals surface area contributed by atoms with Crippen LogP contribution in [0.15, 0.2) is 54.6 Å². The molecule has 4 N–H and O–H groups in total. The molecule has 0 saturated heterocycles. The van der Waals surface area contributed by atoms with E-state index in [0.717, 1.165) is 0 Å². The first kappa shape index (κ1) is 22.6. The van der Waals surface area contributed by atoms with Crippen LogP contribution in [-0.2, 0) is 9.59 Å². The fourth-order valence-corrected chi connectivity index (χ4v) is 2.67. The number of hydrogen-bond donors (Lipinski definition) is 4. The molecule has 11 heteroatoms. The maximum Gasteiger partial charge on any atom is 0.270 e. The van der Waals surface area contributed by atoms with Crippen LogP contribution in [0.2, 0.25) is 0 Å². The van der Waals surface area contributed by atoms with Gasteiger partial charge in [-0.25, -0.2) is 0 Å². The number of hydrogen-bond acceptors (Lipinski definition) is 6. The zero-order valence-electron chi connectivity index (χ0n) is 15.7. The van der Waals surface area contributed by atoms with Gasteiger partial charge in [0, 0.05) is 36.5 Å². The van der Waals surface area contributed by atoms with Crippen LogP contribution in [0.3, 0.4) is 0 Å². The maximum absolute atomic E-state index is 12.0. The number of nitro benzene ring substituents is 1. The van der Waals surface area contributed by atoms with E-state index in [0.29, 0.717) is 16.9 Å². The Hall–Kier alpha value is -3.70. The molecule has 154 valence electrons. The molecule has 0 radical (unpaired) electrons. The molecule has 0 atom stereocenters. The highest BCUT2D eigenvalue weighted by molar-refractivity contribution is 7.80. The number of anilines is 2. The number of carbonyl (C=O) groups is 2. The van der Waals surface area contributed by atoms with Crippen molar-refractivity contribution in [3.63, 3.8) is 0 Å². The van der Waals surface area contributed by atoms with Gasteiger partial charge in [-0.15, -0.1) is 0 Å². The smallest absolute Gasteiger partial charge is 0.270 e. The van der Waals surface area contributed by atoms with Gasteiger partial charge in [-0.1, -0.05) is 12.1 Å². The van der Waals surface area contributed by atoms with Gasteiger partial charge in [0.25, 0.3) is 5.69 Å². The van der Waals surface area contributed by atoms with E-state index in [9.17, 15) is 19.7 Å². The number of benzene rings is 2. The Morgan fingerprint density at radius 2 is 1.53 bits per heavy atom. The van der Waals surface area contributed by atoms with Crippen LogP contribution in [0.1, 0.15) is 12.5 Å². The largest absolute Gasteiger partial charge is 0.332 e. The molecule has 9 nitrogen and oxygen atoms in total. The molecule has 0 fully saturated rings. The molecule has 0 spiro atoms. The predicted octanol–water partition coefficient (Wildman–Crippen LogP) is 2.95. The first-order chi connectivity index (χ1) is 14.2. The summed E-state index contributed by atoms with van der Waals surface area (Å²) in [5.74, 6) is -0.760. The number of thiocarbonyl (C=S) groups is 2. The number of nitrogens with one attached hydrogen (secondary N) is 4. The normalized spacial score (nSPS) is 10.2. The third-order valence-corrected chi connectivity index (χ3v) is 3.84. The minimum Gasteiger partial charge on any atom is -0.332 e. The van der Waals surface area contributed by atoms with Gasteiger partial charge in [0.2, 0.25) is 11.8 Å². The molecule has 0 aromatic heterocycles. The van der Waals surface area contributed by atoms with E-state index in [-0.39, 0.29) is 21.8 Å². The summed E-state index contributed by atoms with van der Waals surface area (Å²) < 4.78 is 0. The Bertz CT molecular complexity index is 1020. The molecule has 0 heterocycles. The second kappa shape index (κ2) is 10.7. The zero-order valence-corrected chi connectivity index (χ0v) is 17.3. The second-order valence-corrected chi connectivity index (χ2v) is 6.66. The summed E-state index contributed by atoms with van der Waals surface area (Å²) in [6.45, 7) is 1.36. The van der Waals surface area contributed by atoms with Crippen LogP contribution < -0.4 is 21.3 Å². The molecule has 2 amide bonds. The van der Waals surface area contributed by atoms with Crippen LogP contribution in [0.5, 0.6) is 0 Å². The van der Waals surface area contributed by atoms with Crippen molar-refractivity contribution in [2.45, 2.75) is 6.92 Å². The molecule has 0 aliphatic rings. The number of carbonyl (C=O) groups excluding carboxylic acids is 2. The summed E-state index contributed by atoms with van der Waals surface area (Å²) in [5.41, 5.74) is 1.73. The van der Waals surface area contributed by atoms with Gasteiger partial charge in [-0.05, 0) is 60.3 Å². The molecule has 0 aliphatic carbocycles. The van der Waals surface area contributed by atoms with Gasteiger partial charge in [0.05, 0.1) is 4.92 Å². The molecular weight excluding hydrogens is 426 g/mol. The lowest BCUT2D eigenvalue weighted by atomic mass is 10.2. The van der Waals surface area contributed by atoms with Crippen molar-refractivity contribution in [2.24, 2.45) is 0 Å². The van der Waals surface area contributed by atoms with Crippen LogP contribution in [-0.4, -0.2) is 27.0 Å². The van der Waals surface area contributed by atoms with E-state index < -0.39 is 10.8 Å². The van der Waals surface area contributed by atoms with Crippen molar-refractivity contribution >= 4 is 69.6 Å². The maximum atomic E-state index is 12.0. The summed E-state index contributed by atoms with van der Waals surface area (Å²) in [6, 6.07) is 12.7. The summed E-state index contributed by atoms with van der Waals surface area (Å²) >= 11 is 10.1. The first-order valence-electron chi connectivity index (χ1n) is 8.46. The predicted molar refractivity (Wildman–Crippen MR) is 123 cm³/mol. The van der Waals surface area contributed by atoms with Crippen molar-refractivity contribution in [3.8, 4) is 0 Å². The Balaban J connectivity index is 1.87. The SMILES string of the molecule is CC(=O)NC(=S)Nc1ccc(NC(=S)NC(=O)C=Cc2cccc([N+](=O)[O-])c2)cc1. The second-order valence-electron chi connectivity index (χ2n) is 5.84. The Morgan fingerprint density at radius 3 is 2.07 bits per heavy atom. The lowest BCUT2D eigenvalue weighted by molar-refractivity contribution is -0.384. The minimum absolute atomic E-state index is 0.0643. The van der Waals surface area contributed by atoms with Crippen LogP contribution in [0.4, 0.5) is 17.1 Å². The van der Waals surface area contributed by atoms with Gasteiger partial charge in [-0.2, -0.15) is 0 Å². The average Bonchev–Trinajstić information content (AvgIpc) is 2.67. The summed E-state index contributed by atoms with van der Waals surface area (Å²) in [5, 5.41) is 21.7. The molecular formula is C19H17N5O4S2. The summed E-state index contributed by atoms with van der Waals surface area (Å²) in [7, 11) is 0. The van der Waals surface area contributed by atoms with Crippen molar-refractivity contribution in [1.29, 1.82) is 0 Å². The van der Waals surface area contributed by atoms with Crippen LogP contribution >= 0.6 is 24.4 Å². The number of nitrogens with zero attached hydrogens (tertiary/aromatic N) is 1. The highest BCUT2D eigenvalue weighted by Gasteiger charge is 2.06. The average molecular weight is 444 g/mol. The highest BCUT2D eigenvalue weighted by Crippen LogP contribution is 2.15. The minimum atomic E-state index is -0.509. The van der Waals surface area contributed by atoms with Gasteiger partial charge < -0.3 is 16.0 Å². The molecule has 0 saturated carbocycles. The number of nitro groups is 1. The van der Waals surface area contributed by atoms with Gasteiger partial charge >= 0.3 is 0 Å². The molecule has 2 rings (SSSR count). The Kier molecular flexibility index (Phi) is 8.08. The van der Waals surface area contributed by atoms with E-state index in [1.807, 2.05) is 0 Å². The monoisotopic (exact) mass is 443 g/mol. The van der Waals surface area contributed by atoms with E-state index in [2.05, 4.69) is 21.3 Å². The van der Waals surface area contributed by atoms with Crippen molar-refractivity contribution in [2.75, 3.05) is 10.6 Å². The molecule has 0 aliphatic heterocycles. The third-order valence-electron chi connectivity index (χ3n) is 3.44. The molecule has 2 aromatic rings. The summed E-state index contributed by atoms with van der Waals surface area (Å²) in [6.07, 6.45) is 2.67. The number of rotatable bonds is 5. The van der Waals surface area contributed by atoms with Crippen LogP contribution in [0.25, 0.3) is 6.08 Å². The Labute approximate surface area is 182 Å². The van der Waals surface area contributed by atoms with E-state index in [1.165, 1.54) is 37.3 Å². The van der Waals surface area contributed by atoms with E-state index in [1.54, 1.807) is 30.3 Å². The first-order valence-corrected chi connectivity index (χ1v) is 9.28. The number of non-ortho nitro benzene ring substituents is 1. The third kappa shape index (κ3) is 7.73. The standard InChI is InChI=1S/C19H17N5O4S2/c1-12(25)20-18(29)21-14-6-8-15(9-7-14)22-19(30)23-17(26)10-5-13-3-2-4-16(11-13)24(27)28/h2-11H,1H3,(H2,20,21,25,29)(H2,22,23,26,30). The van der Waals surface area contributed by atoms with Gasteiger partial charge in [0.15, 0.2) is 10.2 Å².